The highest BCUT2D eigenvalue weighted by atomic mass is 19.4. The molecule has 1 atom stereocenters. The number of carbonyl (C=O) groups excluding carboxylic acids is 2. The van der Waals surface area contributed by atoms with E-state index in [1.807, 2.05) is 0 Å². The van der Waals surface area contributed by atoms with E-state index < -0.39 is 35.3 Å². The number of aryl methyl sites for hydroxylation is 1. The topological polar surface area (TPSA) is 91.7 Å². The fraction of sp³-hybridized carbons (Fsp3) is 0.222. The van der Waals surface area contributed by atoms with Crippen molar-refractivity contribution in [2.45, 2.75) is 18.3 Å². The number of halogens is 4. The summed E-state index contributed by atoms with van der Waals surface area (Å²) in [5.74, 6) is -3.03. The number of pyridine rings is 1. The third-order valence-corrected chi connectivity index (χ3v) is 6.59. The third kappa shape index (κ3) is 4.73. The Hall–Kier alpha value is -4.61. The number of amides is 1. The molecule has 8 nitrogen and oxygen atoms in total. The van der Waals surface area contributed by atoms with Gasteiger partial charge in [0, 0.05) is 36.1 Å². The lowest BCUT2D eigenvalue weighted by atomic mass is 9.81. The van der Waals surface area contributed by atoms with Gasteiger partial charge in [-0.15, -0.1) is 13.2 Å². The molecule has 3 heterocycles. The molecule has 1 unspecified atom stereocenters. The lowest BCUT2D eigenvalue weighted by molar-refractivity contribution is -0.275. The summed E-state index contributed by atoms with van der Waals surface area (Å²) >= 11 is 0. The van der Waals surface area contributed by atoms with Crippen molar-refractivity contribution in [1.82, 2.24) is 14.9 Å². The number of fused-ring (bicyclic) bond motifs is 2. The van der Waals surface area contributed by atoms with Gasteiger partial charge in [0.15, 0.2) is 11.6 Å². The molecule has 0 aliphatic carbocycles. The van der Waals surface area contributed by atoms with Crippen LogP contribution in [-0.2, 0) is 17.3 Å². The first-order valence-electron chi connectivity index (χ1n) is 11.7. The Morgan fingerprint density at radius 1 is 1.13 bits per heavy atom. The lowest BCUT2D eigenvalue weighted by Gasteiger charge is -2.39. The minimum atomic E-state index is -5.08. The molecule has 1 amide bonds. The van der Waals surface area contributed by atoms with Crippen LogP contribution in [-0.4, -0.2) is 41.5 Å². The average Bonchev–Trinajstić information content (AvgIpc) is 3.24. The van der Waals surface area contributed by atoms with Crippen molar-refractivity contribution in [2.24, 2.45) is 7.05 Å². The van der Waals surface area contributed by atoms with E-state index in [1.165, 1.54) is 19.4 Å². The summed E-state index contributed by atoms with van der Waals surface area (Å²) in [6.07, 6.45) is -3.50. The minimum Gasteiger partial charge on any atom is -0.491 e. The minimum absolute atomic E-state index is 0.112. The Morgan fingerprint density at radius 3 is 2.64 bits per heavy atom. The number of benzene rings is 2. The number of rotatable bonds is 5. The number of nitrogens with zero attached hydrogens (tertiary/aromatic N) is 2. The molecule has 0 fully saturated rings. The van der Waals surface area contributed by atoms with Crippen LogP contribution in [0.2, 0.25) is 0 Å². The molecule has 12 heteroatoms. The number of carbonyl (C=O) groups is 2. The molecule has 0 saturated heterocycles. The second-order valence-electron chi connectivity index (χ2n) is 8.85. The maximum absolute atomic E-state index is 14.8. The summed E-state index contributed by atoms with van der Waals surface area (Å²) < 4.78 is 68.8. The van der Waals surface area contributed by atoms with Crippen LogP contribution in [0.25, 0.3) is 10.9 Å². The number of ether oxygens (including phenoxy) is 3. The average molecular weight is 543 g/mol. The van der Waals surface area contributed by atoms with Gasteiger partial charge in [-0.25, -0.2) is 9.18 Å². The van der Waals surface area contributed by atoms with Crippen LogP contribution in [0.15, 0.2) is 60.8 Å². The Bertz CT molecular complexity index is 1600. The first-order chi connectivity index (χ1) is 18.5. The molecule has 2 aromatic carbocycles. The Labute approximate surface area is 219 Å². The van der Waals surface area contributed by atoms with E-state index in [2.05, 4.69) is 15.0 Å². The van der Waals surface area contributed by atoms with E-state index in [1.54, 1.807) is 48.0 Å². The van der Waals surface area contributed by atoms with Crippen LogP contribution in [0.4, 0.5) is 17.6 Å². The molecule has 0 bridgehead atoms. The summed E-state index contributed by atoms with van der Waals surface area (Å²) in [4.78, 5) is 30.1. The highest BCUT2D eigenvalue weighted by Gasteiger charge is 2.43. The number of methoxy groups -OCH3 is 1. The van der Waals surface area contributed by atoms with Gasteiger partial charge in [-0.2, -0.15) is 0 Å². The molecule has 2 aromatic heterocycles. The molecule has 0 spiro atoms. The van der Waals surface area contributed by atoms with Crippen molar-refractivity contribution in [3.8, 4) is 11.5 Å². The number of nitrogens with one attached hydrogen (secondary N) is 1. The van der Waals surface area contributed by atoms with E-state index in [0.717, 1.165) is 12.1 Å². The quantitative estimate of drug-likeness (QED) is 0.286. The van der Waals surface area contributed by atoms with Crippen molar-refractivity contribution < 1.29 is 41.4 Å². The van der Waals surface area contributed by atoms with Crippen LogP contribution in [0.3, 0.4) is 0 Å². The molecule has 0 radical (unpaired) electrons. The molecular weight excluding hydrogens is 522 g/mol. The number of hydrogen-bond acceptors (Lipinski definition) is 6. The van der Waals surface area contributed by atoms with E-state index in [-0.39, 0.29) is 29.8 Å². The zero-order valence-electron chi connectivity index (χ0n) is 20.6. The fourth-order valence-electron chi connectivity index (χ4n) is 4.75. The predicted octanol–water partition coefficient (Wildman–Crippen LogP) is 4.85. The summed E-state index contributed by atoms with van der Waals surface area (Å²) in [6.45, 7) is 0.112. The molecule has 1 N–H and O–H groups in total. The molecule has 202 valence electrons. The zero-order chi connectivity index (χ0) is 27.9. The van der Waals surface area contributed by atoms with Gasteiger partial charge in [0.2, 0.25) is 0 Å². The molecule has 1 aliphatic heterocycles. The van der Waals surface area contributed by atoms with Gasteiger partial charge in [-0.3, -0.25) is 9.78 Å². The van der Waals surface area contributed by atoms with E-state index in [0.29, 0.717) is 22.3 Å². The molecule has 39 heavy (non-hydrogen) atoms. The smallest absolute Gasteiger partial charge is 0.491 e. The van der Waals surface area contributed by atoms with E-state index in [9.17, 15) is 27.2 Å². The predicted molar refractivity (Wildman–Crippen MR) is 130 cm³/mol. The number of aromatic nitrogens is 2. The Balaban J connectivity index is 1.58. The van der Waals surface area contributed by atoms with Gasteiger partial charge in [0.1, 0.15) is 22.7 Å². The summed E-state index contributed by atoms with van der Waals surface area (Å²) in [5.41, 5.74) is 0.0774. The molecule has 0 saturated carbocycles. The van der Waals surface area contributed by atoms with Gasteiger partial charge in [-0.05, 0) is 48.0 Å². The lowest BCUT2D eigenvalue weighted by Crippen LogP contribution is -2.50. The standard InChI is InChI=1S/C27H21F4N3O5/c1-34-19-13-16(6-5-15(19)12-20(34)25(36)37-2)24(35)33-26(9-11-38-22-4-3-10-32-23(22)26)17-7-8-21(18(28)14-17)39-27(29,30)31/h3-8,10,12-14H,9,11H2,1-2H3,(H,33,35). The van der Waals surface area contributed by atoms with Crippen LogP contribution in [0, 0.1) is 5.82 Å². The summed E-state index contributed by atoms with van der Waals surface area (Å²) in [5, 5.41) is 3.63. The van der Waals surface area contributed by atoms with Crippen LogP contribution in [0.5, 0.6) is 11.5 Å². The van der Waals surface area contributed by atoms with Crippen molar-refractivity contribution in [2.75, 3.05) is 13.7 Å². The van der Waals surface area contributed by atoms with Gasteiger partial charge in [0.05, 0.1) is 13.7 Å². The SMILES string of the molecule is COC(=O)c1cc2ccc(C(=O)NC3(c4ccc(OC(F)(F)F)c(F)c4)CCOc4cccnc43)cc2n1C. The number of alkyl halides is 3. The largest absolute Gasteiger partial charge is 0.573 e. The Kier molecular flexibility index (Phi) is 6.41. The third-order valence-electron chi connectivity index (χ3n) is 6.59. The van der Waals surface area contributed by atoms with Gasteiger partial charge in [-0.1, -0.05) is 12.1 Å². The first-order valence-corrected chi connectivity index (χ1v) is 11.7. The number of esters is 1. The normalized spacial score (nSPS) is 16.8. The monoisotopic (exact) mass is 543 g/mol. The fourth-order valence-corrected chi connectivity index (χ4v) is 4.75. The van der Waals surface area contributed by atoms with Gasteiger partial charge < -0.3 is 24.1 Å². The van der Waals surface area contributed by atoms with E-state index >= 15 is 0 Å². The van der Waals surface area contributed by atoms with Crippen LogP contribution < -0.4 is 14.8 Å². The van der Waals surface area contributed by atoms with Crippen molar-refractivity contribution in [3.63, 3.8) is 0 Å². The van der Waals surface area contributed by atoms with Crippen molar-refractivity contribution in [1.29, 1.82) is 0 Å². The molecule has 4 aromatic rings. The second-order valence-corrected chi connectivity index (χ2v) is 8.85. The highest BCUT2D eigenvalue weighted by molar-refractivity contribution is 6.01. The summed E-state index contributed by atoms with van der Waals surface area (Å²) in [7, 11) is 2.92. The number of hydrogen-bond donors (Lipinski definition) is 1. The van der Waals surface area contributed by atoms with Crippen LogP contribution >= 0.6 is 0 Å². The molecule has 1 aliphatic rings. The van der Waals surface area contributed by atoms with Crippen molar-refractivity contribution in [3.05, 3.63) is 89.1 Å². The Morgan fingerprint density at radius 2 is 1.92 bits per heavy atom. The zero-order valence-corrected chi connectivity index (χ0v) is 20.6. The maximum Gasteiger partial charge on any atom is 0.573 e. The van der Waals surface area contributed by atoms with E-state index in [4.69, 9.17) is 9.47 Å². The molecule has 5 rings (SSSR count). The maximum atomic E-state index is 14.8. The van der Waals surface area contributed by atoms with Crippen molar-refractivity contribution >= 4 is 22.8 Å². The first kappa shape index (κ1) is 26.0. The van der Waals surface area contributed by atoms with Crippen LogP contribution in [0.1, 0.15) is 38.5 Å². The van der Waals surface area contributed by atoms with Gasteiger partial charge in [0.25, 0.3) is 5.91 Å². The summed E-state index contributed by atoms with van der Waals surface area (Å²) in [6, 6.07) is 12.7. The highest BCUT2D eigenvalue weighted by Crippen LogP contribution is 2.42. The second kappa shape index (κ2) is 9.61. The molecular formula is C27H21F4N3O5. The van der Waals surface area contributed by atoms with Gasteiger partial charge >= 0.3 is 12.3 Å².